The summed E-state index contributed by atoms with van der Waals surface area (Å²) in [6.45, 7) is 0.524. The minimum Gasteiger partial charge on any atom is -0.507 e. The quantitative estimate of drug-likeness (QED) is 0.644. The van der Waals surface area contributed by atoms with E-state index in [2.05, 4.69) is 20.9 Å². The number of phenols is 1. The Balaban J connectivity index is 1.82. The average Bonchev–Trinajstić information content (AvgIpc) is 2.83. The Morgan fingerprint density at radius 1 is 1.24 bits per heavy atom. The van der Waals surface area contributed by atoms with Crippen molar-refractivity contribution < 1.29 is 14.4 Å². The van der Waals surface area contributed by atoms with E-state index in [1.54, 1.807) is 13.2 Å². The molecular weight excluding hydrogens is 266 g/mol. The molecule has 108 valence electrons. The number of H-pyrrole nitrogens is 1. The normalized spacial score (nSPS) is 10.8. The minimum atomic E-state index is 0.223. The summed E-state index contributed by atoms with van der Waals surface area (Å²) in [4.78, 5) is 3.32. The predicted octanol–water partition coefficient (Wildman–Crippen LogP) is 2.32. The van der Waals surface area contributed by atoms with Crippen LogP contribution in [0.2, 0.25) is 0 Å². The summed E-state index contributed by atoms with van der Waals surface area (Å²) in [6.07, 6.45) is 0. The van der Waals surface area contributed by atoms with E-state index in [-0.39, 0.29) is 5.75 Å². The summed E-state index contributed by atoms with van der Waals surface area (Å²) in [7, 11) is 3.58. The van der Waals surface area contributed by atoms with Gasteiger partial charge < -0.3 is 9.84 Å². The largest absolute Gasteiger partial charge is 0.507 e. The van der Waals surface area contributed by atoms with Gasteiger partial charge in [-0.1, -0.05) is 12.1 Å². The summed E-state index contributed by atoms with van der Waals surface area (Å²) in [5.41, 5.74) is 3.01. The molecule has 2 aromatic carbocycles. The third-order valence-electron chi connectivity index (χ3n) is 3.59. The Bertz CT molecular complexity index is 780. The van der Waals surface area contributed by atoms with Crippen LogP contribution in [0, 0.1) is 0 Å². The number of imidazole rings is 1. The lowest BCUT2D eigenvalue weighted by Crippen LogP contribution is -2.30. The fraction of sp³-hybridized carbons (Fsp3) is 0.188. The molecule has 5 heteroatoms. The highest BCUT2D eigenvalue weighted by Gasteiger charge is 2.14. The second kappa shape index (κ2) is 5.36. The fourth-order valence-electron chi connectivity index (χ4n) is 2.37. The van der Waals surface area contributed by atoms with Gasteiger partial charge in [-0.25, -0.2) is 9.55 Å². The number of aromatic amines is 1. The minimum absolute atomic E-state index is 0.223. The summed E-state index contributed by atoms with van der Waals surface area (Å²) in [6, 6.07) is 13.4. The van der Waals surface area contributed by atoms with Gasteiger partial charge in [0.15, 0.2) is 0 Å². The summed E-state index contributed by atoms with van der Waals surface area (Å²) in [5, 5.41) is 13.3. The average molecular weight is 284 g/mol. The zero-order chi connectivity index (χ0) is 14.8. The fourth-order valence-corrected chi connectivity index (χ4v) is 2.37. The zero-order valence-electron chi connectivity index (χ0n) is 12.1. The molecule has 0 radical (unpaired) electrons. The molecule has 0 amide bonds. The van der Waals surface area contributed by atoms with E-state index >= 15 is 0 Å². The Morgan fingerprint density at radius 2 is 2.05 bits per heavy atom. The van der Waals surface area contributed by atoms with Crippen molar-refractivity contribution in [1.29, 1.82) is 0 Å². The Labute approximate surface area is 122 Å². The lowest BCUT2D eigenvalue weighted by Gasteiger charge is -2.05. The van der Waals surface area contributed by atoms with E-state index in [9.17, 15) is 5.11 Å². The first kappa shape index (κ1) is 13.3. The first-order valence-corrected chi connectivity index (χ1v) is 6.75. The number of nitrogens with zero attached hydrogens (tertiary/aromatic N) is 1. The highest BCUT2D eigenvalue weighted by Crippen LogP contribution is 2.24. The van der Waals surface area contributed by atoms with Crippen molar-refractivity contribution in [2.24, 2.45) is 7.05 Å². The van der Waals surface area contributed by atoms with Crippen LogP contribution in [-0.4, -0.2) is 17.2 Å². The molecule has 5 nitrogen and oxygen atoms in total. The number of aromatic nitrogens is 2. The number of anilines is 1. The highest BCUT2D eigenvalue weighted by atomic mass is 16.5. The predicted molar refractivity (Wildman–Crippen MR) is 81.5 cm³/mol. The van der Waals surface area contributed by atoms with Gasteiger partial charge in [-0.15, -0.1) is 0 Å². The van der Waals surface area contributed by atoms with Crippen LogP contribution in [0.5, 0.6) is 11.5 Å². The molecule has 0 unspecified atom stereocenters. The van der Waals surface area contributed by atoms with Gasteiger partial charge in [0.1, 0.15) is 22.5 Å². The molecule has 0 aliphatic heterocycles. The summed E-state index contributed by atoms with van der Waals surface area (Å²) < 4.78 is 7.13. The van der Waals surface area contributed by atoms with E-state index < -0.39 is 0 Å². The maximum Gasteiger partial charge on any atom is 0.356 e. The second-order valence-electron chi connectivity index (χ2n) is 4.90. The molecule has 0 spiro atoms. The van der Waals surface area contributed by atoms with Crippen molar-refractivity contribution in [2.75, 3.05) is 12.4 Å². The maximum atomic E-state index is 9.97. The Morgan fingerprint density at radius 3 is 2.76 bits per heavy atom. The number of phenolic OH excluding ortho intramolecular Hbond substituents is 1. The van der Waals surface area contributed by atoms with Gasteiger partial charge in [0.05, 0.1) is 20.7 Å². The number of rotatable bonds is 4. The van der Waals surface area contributed by atoms with Crippen LogP contribution in [0.15, 0.2) is 42.5 Å². The van der Waals surface area contributed by atoms with Crippen LogP contribution in [0.1, 0.15) is 5.56 Å². The maximum absolute atomic E-state index is 9.97. The molecule has 0 saturated carbocycles. The number of nitrogens with one attached hydrogen (secondary N) is 2. The van der Waals surface area contributed by atoms with Gasteiger partial charge in [0, 0.05) is 11.6 Å². The number of benzene rings is 2. The zero-order valence-corrected chi connectivity index (χ0v) is 12.1. The third kappa shape index (κ3) is 2.50. The number of aromatic hydroxyl groups is 1. The lowest BCUT2D eigenvalue weighted by molar-refractivity contribution is -0.630. The third-order valence-corrected chi connectivity index (χ3v) is 3.59. The first-order valence-electron chi connectivity index (χ1n) is 6.75. The molecule has 1 heterocycles. The SMILES string of the molecule is COc1ccc(CNc2[nH]c3ccccc3[n+]2C)c(O)c1. The van der Waals surface area contributed by atoms with Crippen molar-refractivity contribution >= 4 is 17.0 Å². The Kier molecular flexibility index (Phi) is 3.39. The number of hydrogen-bond donors (Lipinski definition) is 3. The van der Waals surface area contributed by atoms with Gasteiger partial charge in [-0.2, -0.15) is 0 Å². The second-order valence-corrected chi connectivity index (χ2v) is 4.90. The van der Waals surface area contributed by atoms with Crippen LogP contribution in [0.25, 0.3) is 11.0 Å². The van der Waals surface area contributed by atoms with Crippen molar-refractivity contribution in [3.8, 4) is 11.5 Å². The van der Waals surface area contributed by atoms with Crippen LogP contribution >= 0.6 is 0 Å². The number of methoxy groups -OCH3 is 1. The number of hydrogen-bond acceptors (Lipinski definition) is 3. The molecule has 0 bridgehead atoms. The van der Waals surface area contributed by atoms with E-state index in [0.29, 0.717) is 12.3 Å². The van der Waals surface area contributed by atoms with Crippen molar-refractivity contribution in [2.45, 2.75) is 6.54 Å². The number of aryl methyl sites for hydroxylation is 1. The topological polar surface area (TPSA) is 61.2 Å². The van der Waals surface area contributed by atoms with E-state index in [1.165, 1.54) is 0 Å². The van der Waals surface area contributed by atoms with Gasteiger partial charge >= 0.3 is 5.95 Å². The molecule has 3 aromatic rings. The molecule has 3 rings (SSSR count). The van der Waals surface area contributed by atoms with Crippen molar-refractivity contribution in [3.05, 3.63) is 48.0 Å². The van der Waals surface area contributed by atoms with Gasteiger partial charge in [0.2, 0.25) is 0 Å². The monoisotopic (exact) mass is 284 g/mol. The number of ether oxygens (including phenoxy) is 1. The van der Waals surface area contributed by atoms with Crippen LogP contribution in [0.4, 0.5) is 5.95 Å². The van der Waals surface area contributed by atoms with E-state index in [1.807, 2.05) is 37.4 Å². The van der Waals surface area contributed by atoms with Crippen molar-refractivity contribution in [1.82, 2.24) is 4.98 Å². The molecular formula is C16H18N3O2+. The standard InChI is InChI=1S/C16H17N3O2/c1-19-14-6-4-3-5-13(14)18-16(19)17-10-11-7-8-12(21-2)9-15(11)20/h3-9H,10H2,1-2H3,(H2,17,18,20)/p+1. The van der Waals surface area contributed by atoms with Crippen LogP contribution in [-0.2, 0) is 13.6 Å². The van der Waals surface area contributed by atoms with Gasteiger partial charge in [0.25, 0.3) is 0 Å². The summed E-state index contributed by atoms with van der Waals surface area (Å²) >= 11 is 0. The van der Waals surface area contributed by atoms with Gasteiger partial charge in [-0.3, -0.25) is 5.32 Å². The number of fused-ring (bicyclic) bond motifs is 1. The van der Waals surface area contributed by atoms with Crippen LogP contribution in [0.3, 0.4) is 0 Å². The Hall–Kier alpha value is -2.69. The molecule has 0 aliphatic rings. The van der Waals surface area contributed by atoms with Gasteiger partial charge in [-0.05, 0) is 24.3 Å². The van der Waals surface area contributed by atoms with E-state index in [4.69, 9.17) is 4.74 Å². The summed E-state index contributed by atoms with van der Waals surface area (Å²) in [5.74, 6) is 1.76. The lowest BCUT2D eigenvalue weighted by atomic mass is 10.2. The molecule has 1 aromatic heterocycles. The smallest absolute Gasteiger partial charge is 0.356 e. The highest BCUT2D eigenvalue weighted by molar-refractivity contribution is 5.72. The molecule has 0 atom stereocenters. The van der Waals surface area contributed by atoms with E-state index in [0.717, 1.165) is 22.5 Å². The van der Waals surface area contributed by atoms with Crippen LogP contribution < -0.4 is 14.6 Å². The molecule has 21 heavy (non-hydrogen) atoms. The first-order chi connectivity index (χ1) is 10.2. The molecule has 0 aliphatic carbocycles. The molecule has 3 N–H and O–H groups in total. The van der Waals surface area contributed by atoms with Crippen molar-refractivity contribution in [3.63, 3.8) is 0 Å². The number of para-hydroxylation sites is 2. The molecule has 0 saturated heterocycles. The molecule has 0 fully saturated rings.